The van der Waals surface area contributed by atoms with Crippen LogP contribution in [0, 0.1) is 0 Å². The number of imide groups is 1. The number of hydrogen-bond donors (Lipinski definition) is 0. The first-order valence-corrected chi connectivity index (χ1v) is 10.7. The van der Waals surface area contributed by atoms with E-state index in [0.717, 1.165) is 16.7 Å². The second-order valence-electron chi connectivity index (χ2n) is 7.56. The number of ether oxygens (including phenoxy) is 1. The molecule has 158 valence electrons. The summed E-state index contributed by atoms with van der Waals surface area (Å²) in [4.78, 5) is 30.1. The summed E-state index contributed by atoms with van der Waals surface area (Å²) in [6.45, 7) is 0.258. The minimum atomic E-state index is -0.310. The molecule has 1 fully saturated rings. The summed E-state index contributed by atoms with van der Waals surface area (Å²) in [7, 11) is 0. The number of carbonyl (C=O) groups excluding carboxylic acids is 2. The third-order valence-electron chi connectivity index (χ3n) is 5.40. The summed E-state index contributed by atoms with van der Waals surface area (Å²) in [6.07, 6.45) is 5.42. The van der Waals surface area contributed by atoms with E-state index < -0.39 is 0 Å². The lowest BCUT2D eigenvalue weighted by Crippen LogP contribution is -2.43. The third-order valence-corrected chi connectivity index (χ3v) is 5.63. The van der Waals surface area contributed by atoms with Crippen molar-refractivity contribution in [2.24, 2.45) is 0 Å². The van der Waals surface area contributed by atoms with Gasteiger partial charge in [0.1, 0.15) is 12.4 Å². The highest BCUT2D eigenvalue weighted by Crippen LogP contribution is 2.26. The molecule has 1 saturated heterocycles. The maximum absolute atomic E-state index is 12.3. The van der Waals surface area contributed by atoms with Crippen molar-refractivity contribution in [2.45, 2.75) is 31.7 Å². The molecule has 1 aromatic heterocycles. The van der Waals surface area contributed by atoms with Crippen LogP contribution >= 0.6 is 11.6 Å². The van der Waals surface area contributed by atoms with E-state index in [9.17, 15) is 9.59 Å². The summed E-state index contributed by atoms with van der Waals surface area (Å²) in [5.74, 6) is 0.443. The molecule has 3 aromatic rings. The summed E-state index contributed by atoms with van der Waals surface area (Å²) >= 11 is 6.08. The molecule has 6 heteroatoms. The molecule has 2 aromatic carbocycles. The molecule has 0 bridgehead atoms. The van der Waals surface area contributed by atoms with Crippen LogP contribution in [-0.4, -0.2) is 34.3 Å². The molecule has 2 heterocycles. The van der Waals surface area contributed by atoms with Crippen molar-refractivity contribution in [1.82, 2.24) is 9.88 Å². The molecule has 2 amide bonds. The van der Waals surface area contributed by atoms with E-state index in [1.165, 1.54) is 4.90 Å². The minimum absolute atomic E-state index is 0.124. The first kappa shape index (κ1) is 21.1. The first-order valence-electron chi connectivity index (χ1n) is 10.3. The van der Waals surface area contributed by atoms with Gasteiger partial charge in [0.2, 0.25) is 11.8 Å². The number of halogens is 1. The lowest BCUT2D eigenvalue weighted by Gasteiger charge is -2.26. The van der Waals surface area contributed by atoms with Crippen molar-refractivity contribution >= 4 is 23.4 Å². The molecular weight excluding hydrogens is 412 g/mol. The Bertz CT molecular complexity index is 1040. The van der Waals surface area contributed by atoms with Gasteiger partial charge in [-0.15, -0.1) is 0 Å². The van der Waals surface area contributed by atoms with Crippen LogP contribution in [-0.2, 0) is 16.0 Å². The van der Waals surface area contributed by atoms with Crippen molar-refractivity contribution in [3.63, 3.8) is 0 Å². The number of aryl methyl sites for hydroxylation is 1. The average Bonchev–Trinajstić information content (AvgIpc) is 3.13. The van der Waals surface area contributed by atoms with Gasteiger partial charge in [-0.25, -0.2) is 0 Å². The Morgan fingerprint density at radius 1 is 0.968 bits per heavy atom. The van der Waals surface area contributed by atoms with Crippen LogP contribution in [0.3, 0.4) is 0 Å². The monoisotopic (exact) mass is 434 g/mol. The van der Waals surface area contributed by atoms with Gasteiger partial charge in [-0.05, 0) is 59.9 Å². The molecule has 0 radical (unpaired) electrons. The number of amides is 2. The summed E-state index contributed by atoms with van der Waals surface area (Å²) in [6, 6.07) is 19.0. The molecule has 1 unspecified atom stereocenters. The van der Waals surface area contributed by atoms with Crippen LogP contribution in [0.15, 0.2) is 73.1 Å². The quantitative estimate of drug-likeness (QED) is 0.471. The van der Waals surface area contributed by atoms with Gasteiger partial charge in [-0.2, -0.15) is 0 Å². The van der Waals surface area contributed by atoms with Gasteiger partial charge in [0.25, 0.3) is 0 Å². The second kappa shape index (κ2) is 9.75. The van der Waals surface area contributed by atoms with E-state index in [1.54, 1.807) is 12.4 Å². The smallest absolute Gasteiger partial charge is 0.230 e. The number of likely N-dealkylation sites (tertiary alicyclic amines) is 1. The summed E-state index contributed by atoms with van der Waals surface area (Å²) < 4.78 is 5.99. The van der Waals surface area contributed by atoms with Gasteiger partial charge in [0.05, 0.1) is 6.04 Å². The largest absolute Gasteiger partial charge is 0.491 e. The van der Waals surface area contributed by atoms with Crippen molar-refractivity contribution in [1.29, 1.82) is 0 Å². The Morgan fingerprint density at radius 2 is 1.74 bits per heavy atom. The Kier molecular flexibility index (Phi) is 6.63. The fourth-order valence-electron chi connectivity index (χ4n) is 3.77. The fourth-order valence-corrected chi connectivity index (χ4v) is 3.96. The van der Waals surface area contributed by atoms with Crippen molar-refractivity contribution in [3.05, 3.63) is 83.6 Å². The zero-order valence-electron chi connectivity index (χ0n) is 17.0. The number of pyridine rings is 1. The highest BCUT2D eigenvalue weighted by molar-refractivity contribution is 6.30. The number of hydrogen-bond acceptors (Lipinski definition) is 4. The first-order chi connectivity index (χ1) is 15.1. The predicted octanol–water partition coefficient (Wildman–Crippen LogP) is 4.93. The highest BCUT2D eigenvalue weighted by Gasteiger charge is 2.35. The van der Waals surface area contributed by atoms with Gasteiger partial charge in [-0.1, -0.05) is 41.9 Å². The molecule has 1 aliphatic rings. The Morgan fingerprint density at radius 3 is 2.42 bits per heavy atom. The molecule has 0 saturated carbocycles. The van der Waals surface area contributed by atoms with Crippen LogP contribution in [0.5, 0.6) is 5.75 Å². The standard InChI is InChI=1S/C25H23ClN2O3/c26-21-5-1-4-20(15-21)19-7-10-23(11-8-19)31-17-22(28-24(29)12-13-25(28)30)9-6-18-3-2-14-27-16-18/h1-5,7-8,10-11,14-16,22H,6,9,12-13,17H2. The molecule has 5 nitrogen and oxygen atoms in total. The molecule has 0 N–H and O–H groups in total. The van der Waals surface area contributed by atoms with E-state index in [4.69, 9.17) is 16.3 Å². The van der Waals surface area contributed by atoms with Gasteiger partial charge in [0, 0.05) is 30.3 Å². The average molecular weight is 435 g/mol. The molecule has 0 aliphatic carbocycles. The van der Waals surface area contributed by atoms with Gasteiger partial charge in [-0.3, -0.25) is 19.5 Å². The van der Waals surface area contributed by atoms with Gasteiger partial charge >= 0.3 is 0 Å². The van der Waals surface area contributed by atoms with E-state index in [-0.39, 0.29) is 37.3 Å². The zero-order chi connectivity index (χ0) is 21.6. The van der Waals surface area contributed by atoms with Gasteiger partial charge in [0.15, 0.2) is 0 Å². The molecule has 1 aliphatic heterocycles. The SMILES string of the molecule is O=C1CCC(=O)N1C(CCc1cccnc1)COc1ccc(-c2cccc(Cl)c2)cc1. The second-order valence-corrected chi connectivity index (χ2v) is 7.99. The van der Waals surface area contributed by atoms with E-state index in [1.807, 2.05) is 60.7 Å². The van der Waals surface area contributed by atoms with Crippen LogP contribution in [0.1, 0.15) is 24.8 Å². The molecule has 1 atom stereocenters. The topological polar surface area (TPSA) is 59.5 Å². The van der Waals surface area contributed by atoms with E-state index >= 15 is 0 Å². The maximum Gasteiger partial charge on any atom is 0.230 e. The Balaban J connectivity index is 1.44. The zero-order valence-corrected chi connectivity index (χ0v) is 17.8. The highest BCUT2D eigenvalue weighted by atomic mass is 35.5. The normalized spacial score (nSPS) is 14.7. The number of carbonyl (C=O) groups is 2. The summed E-state index contributed by atoms with van der Waals surface area (Å²) in [5.41, 5.74) is 3.13. The third kappa shape index (κ3) is 5.30. The number of nitrogens with zero attached hydrogens (tertiary/aromatic N) is 2. The predicted molar refractivity (Wildman–Crippen MR) is 120 cm³/mol. The fraction of sp³-hybridized carbons (Fsp3) is 0.240. The Hall–Kier alpha value is -3.18. The van der Waals surface area contributed by atoms with Crippen LogP contribution in [0.4, 0.5) is 0 Å². The van der Waals surface area contributed by atoms with Gasteiger partial charge < -0.3 is 4.74 Å². The van der Waals surface area contributed by atoms with Crippen molar-refractivity contribution in [3.8, 4) is 16.9 Å². The summed E-state index contributed by atoms with van der Waals surface area (Å²) in [5, 5.41) is 0.689. The lowest BCUT2D eigenvalue weighted by atomic mass is 10.1. The van der Waals surface area contributed by atoms with E-state index in [2.05, 4.69) is 4.98 Å². The molecule has 4 rings (SSSR count). The number of rotatable bonds is 8. The van der Waals surface area contributed by atoms with E-state index in [0.29, 0.717) is 23.6 Å². The minimum Gasteiger partial charge on any atom is -0.491 e. The maximum atomic E-state index is 12.3. The van der Waals surface area contributed by atoms with Crippen LogP contribution in [0.25, 0.3) is 11.1 Å². The lowest BCUT2D eigenvalue weighted by molar-refractivity contribution is -0.142. The van der Waals surface area contributed by atoms with Crippen LogP contribution in [0.2, 0.25) is 5.02 Å². The molecule has 31 heavy (non-hydrogen) atoms. The number of benzene rings is 2. The number of aromatic nitrogens is 1. The van der Waals surface area contributed by atoms with Crippen molar-refractivity contribution < 1.29 is 14.3 Å². The molecule has 0 spiro atoms. The Labute approximate surface area is 186 Å². The van der Waals surface area contributed by atoms with Crippen molar-refractivity contribution in [2.75, 3.05) is 6.61 Å². The molecular formula is C25H23ClN2O3. The van der Waals surface area contributed by atoms with Crippen LogP contribution < -0.4 is 4.74 Å².